The van der Waals surface area contributed by atoms with Crippen molar-refractivity contribution < 1.29 is 9.90 Å². The Hall–Kier alpha value is -1.36. The molecule has 0 bridgehead atoms. The van der Waals surface area contributed by atoms with E-state index in [4.69, 9.17) is 0 Å². The van der Waals surface area contributed by atoms with Crippen LogP contribution in [0.5, 0.6) is 0 Å². The van der Waals surface area contributed by atoms with Crippen LogP contribution in [0.3, 0.4) is 0 Å². The van der Waals surface area contributed by atoms with Gasteiger partial charge in [0.15, 0.2) is 0 Å². The van der Waals surface area contributed by atoms with Crippen LogP contribution in [0.15, 0.2) is 12.3 Å². The first-order valence-electron chi connectivity index (χ1n) is 6.08. The summed E-state index contributed by atoms with van der Waals surface area (Å²) in [7, 11) is 0. The van der Waals surface area contributed by atoms with Crippen molar-refractivity contribution in [2.45, 2.75) is 38.1 Å². The molecule has 2 unspecified atom stereocenters. The number of aromatic amines is 1. The Kier molecular flexibility index (Phi) is 3.47. The Morgan fingerprint density at radius 3 is 3.18 bits per heavy atom. The van der Waals surface area contributed by atoms with Gasteiger partial charge < -0.3 is 10.4 Å². The molecule has 0 saturated heterocycles. The van der Waals surface area contributed by atoms with Crippen LogP contribution >= 0.6 is 0 Å². The minimum absolute atomic E-state index is 0.00276. The minimum Gasteiger partial charge on any atom is -0.394 e. The van der Waals surface area contributed by atoms with Gasteiger partial charge in [-0.05, 0) is 24.8 Å². The fourth-order valence-corrected chi connectivity index (χ4v) is 2.65. The predicted octanol–water partition coefficient (Wildman–Crippen LogP) is 1.08. The molecule has 1 aliphatic rings. The molecule has 17 heavy (non-hydrogen) atoms. The summed E-state index contributed by atoms with van der Waals surface area (Å²) in [4.78, 5) is 12.0. The molecule has 3 N–H and O–H groups in total. The number of carbonyl (C=O) groups is 1. The zero-order chi connectivity index (χ0) is 12.3. The summed E-state index contributed by atoms with van der Waals surface area (Å²) in [5.41, 5.74) is -0.0177. The highest BCUT2D eigenvalue weighted by Crippen LogP contribution is 2.32. The van der Waals surface area contributed by atoms with Crippen molar-refractivity contribution in [3.05, 3.63) is 18.0 Å². The molecule has 0 aliphatic heterocycles. The van der Waals surface area contributed by atoms with Gasteiger partial charge >= 0.3 is 0 Å². The SMILES string of the molecule is CC1CCCC(CO)(NC(=O)c2ccn[nH]2)C1. The van der Waals surface area contributed by atoms with Gasteiger partial charge in [0.25, 0.3) is 5.91 Å². The lowest BCUT2D eigenvalue weighted by Crippen LogP contribution is -2.53. The third-order valence-electron chi connectivity index (χ3n) is 3.52. The molecule has 5 nitrogen and oxygen atoms in total. The van der Waals surface area contributed by atoms with Gasteiger partial charge in [0, 0.05) is 6.20 Å². The number of aliphatic hydroxyl groups excluding tert-OH is 1. The van der Waals surface area contributed by atoms with Gasteiger partial charge in [0.2, 0.25) is 0 Å². The molecule has 94 valence electrons. The lowest BCUT2D eigenvalue weighted by Gasteiger charge is -2.39. The summed E-state index contributed by atoms with van der Waals surface area (Å²) in [6.45, 7) is 2.16. The van der Waals surface area contributed by atoms with Gasteiger partial charge in [-0.25, -0.2) is 0 Å². The largest absolute Gasteiger partial charge is 0.394 e. The minimum atomic E-state index is -0.458. The molecule has 0 radical (unpaired) electrons. The molecule has 0 aromatic carbocycles. The summed E-state index contributed by atoms with van der Waals surface area (Å²) < 4.78 is 0. The average Bonchev–Trinajstić information content (AvgIpc) is 2.82. The third kappa shape index (κ3) is 2.66. The van der Waals surface area contributed by atoms with Gasteiger partial charge in [0.1, 0.15) is 5.69 Å². The number of hydrogen-bond donors (Lipinski definition) is 3. The lowest BCUT2D eigenvalue weighted by molar-refractivity contribution is 0.0693. The summed E-state index contributed by atoms with van der Waals surface area (Å²) in [5.74, 6) is 0.351. The Labute approximate surface area is 101 Å². The first-order chi connectivity index (χ1) is 8.15. The summed E-state index contributed by atoms with van der Waals surface area (Å²) >= 11 is 0. The second-order valence-corrected chi connectivity index (χ2v) is 5.06. The van der Waals surface area contributed by atoms with Gasteiger partial charge in [-0.2, -0.15) is 5.10 Å². The lowest BCUT2D eigenvalue weighted by atomic mass is 9.77. The van der Waals surface area contributed by atoms with E-state index in [1.807, 2.05) is 0 Å². The summed E-state index contributed by atoms with van der Waals surface area (Å²) in [5, 5.41) is 18.9. The van der Waals surface area contributed by atoms with E-state index < -0.39 is 5.54 Å². The van der Waals surface area contributed by atoms with Crippen molar-refractivity contribution in [1.82, 2.24) is 15.5 Å². The fraction of sp³-hybridized carbons (Fsp3) is 0.667. The maximum atomic E-state index is 12.0. The van der Waals surface area contributed by atoms with E-state index in [1.165, 1.54) is 6.42 Å². The summed E-state index contributed by atoms with van der Waals surface area (Å²) in [6.07, 6.45) is 5.44. The quantitative estimate of drug-likeness (QED) is 0.736. The van der Waals surface area contributed by atoms with Crippen LogP contribution in [0.25, 0.3) is 0 Å². The molecule has 1 heterocycles. The number of hydrogen-bond acceptors (Lipinski definition) is 3. The highest BCUT2D eigenvalue weighted by molar-refractivity contribution is 5.92. The van der Waals surface area contributed by atoms with E-state index in [1.54, 1.807) is 12.3 Å². The van der Waals surface area contributed by atoms with Crippen molar-refractivity contribution in [1.29, 1.82) is 0 Å². The standard InChI is InChI=1S/C12H19N3O2/c1-9-3-2-5-12(7-9,8-16)14-11(17)10-4-6-13-15-10/h4,6,9,16H,2-3,5,7-8H2,1H3,(H,13,15)(H,14,17). The number of rotatable bonds is 3. The number of nitrogens with one attached hydrogen (secondary N) is 2. The van der Waals surface area contributed by atoms with E-state index in [2.05, 4.69) is 22.4 Å². The van der Waals surface area contributed by atoms with E-state index in [0.717, 1.165) is 19.3 Å². The van der Waals surface area contributed by atoms with Crippen LogP contribution in [0.4, 0.5) is 0 Å². The van der Waals surface area contributed by atoms with Crippen molar-refractivity contribution in [2.24, 2.45) is 5.92 Å². The molecule has 1 aromatic rings. The molecule has 1 aliphatic carbocycles. The first kappa shape index (κ1) is 12.1. The van der Waals surface area contributed by atoms with Crippen molar-refractivity contribution in [2.75, 3.05) is 6.61 Å². The highest BCUT2D eigenvalue weighted by atomic mass is 16.3. The van der Waals surface area contributed by atoms with Crippen LogP contribution in [0.2, 0.25) is 0 Å². The second-order valence-electron chi connectivity index (χ2n) is 5.06. The predicted molar refractivity (Wildman–Crippen MR) is 63.5 cm³/mol. The highest BCUT2D eigenvalue weighted by Gasteiger charge is 2.36. The molecule has 1 fully saturated rings. The molecular formula is C12H19N3O2. The zero-order valence-electron chi connectivity index (χ0n) is 10.1. The molecule has 1 amide bonds. The third-order valence-corrected chi connectivity index (χ3v) is 3.52. The molecule has 1 aromatic heterocycles. The normalized spacial score (nSPS) is 28.9. The maximum absolute atomic E-state index is 12.0. The van der Waals surface area contributed by atoms with E-state index in [9.17, 15) is 9.90 Å². The number of amides is 1. The Morgan fingerprint density at radius 1 is 1.76 bits per heavy atom. The van der Waals surface area contributed by atoms with Crippen molar-refractivity contribution >= 4 is 5.91 Å². The van der Waals surface area contributed by atoms with Gasteiger partial charge in [-0.1, -0.05) is 19.8 Å². The molecule has 1 saturated carbocycles. The van der Waals surface area contributed by atoms with Gasteiger partial charge in [-0.3, -0.25) is 9.89 Å². The first-order valence-corrected chi connectivity index (χ1v) is 6.08. The van der Waals surface area contributed by atoms with Gasteiger partial charge in [0.05, 0.1) is 12.1 Å². The molecular weight excluding hydrogens is 218 g/mol. The van der Waals surface area contributed by atoms with Crippen LogP contribution in [-0.2, 0) is 0 Å². The second kappa shape index (κ2) is 4.87. The average molecular weight is 237 g/mol. The molecule has 2 rings (SSSR count). The molecule has 2 atom stereocenters. The van der Waals surface area contributed by atoms with Crippen LogP contribution in [0.1, 0.15) is 43.1 Å². The van der Waals surface area contributed by atoms with Crippen molar-refractivity contribution in [3.8, 4) is 0 Å². The van der Waals surface area contributed by atoms with E-state index >= 15 is 0 Å². The zero-order valence-corrected chi connectivity index (χ0v) is 10.1. The Morgan fingerprint density at radius 2 is 2.59 bits per heavy atom. The van der Waals surface area contributed by atoms with Crippen LogP contribution in [0, 0.1) is 5.92 Å². The fourth-order valence-electron chi connectivity index (χ4n) is 2.65. The Balaban J connectivity index is 2.06. The summed E-state index contributed by atoms with van der Waals surface area (Å²) in [6, 6.07) is 1.63. The topological polar surface area (TPSA) is 78.0 Å². The van der Waals surface area contributed by atoms with Gasteiger partial charge in [-0.15, -0.1) is 0 Å². The van der Waals surface area contributed by atoms with E-state index in [-0.39, 0.29) is 12.5 Å². The smallest absolute Gasteiger partial charge is 0.269 e. The Bertz CT molecular complexity index is 377. The molecule has 5 heteroatoms. The maximum Gasteiger partial charge on any atom is 0.269 e. The molecule has 0 spiro atoms. The number of H-pyrrole nitrogens is 1. The van der Waals surface area contributed by atoms with Crippen LogP contribution in [-0.4, -0.2) is 33.4 Å². The number of carbonyl (C=O) groups excluding carboxylic acids is 1. The van der Waals surface area contributed by atoms with Crippen molar-refractivity contribution in [3.63, 3.8) is 0 Å². The number of nitrogens with zero attached hydrogens (tertiary/aromatic N) is 1. The van der Waals surface area contributed by atoms with Crippen LogP contribution < -0.4 is 5.32 Å². The van der Waals surface area contributed by atoms with E-state index in [0.29, 0.717) is 11.6 Å². The number of aromatic nitrogens is 2. The monoisotopic (exact) mass is 237 g/mol. The number of aliphatic hydroxyl groups is 1.